The molecule has 106 valence electrons. The van der Waals surface area contributed by atoms with Crippen molar-refractivity contribution in [2.24, 2.45) is 0 Å². The maximum atomic E-state index is 12.0. The summed E-state index contributed by atoms with van der Waals surface area (Å²) in [4.78, 5) is 23.3. The van der Waals surface area contributed by atoms with Crippen molar-refractivity contribution in [1.82, 2.24) is 0 Å². The van der Waals surface area contributed by atoms with Gasteiger partial charge >= 0.3 is 5.97 Å². The number of ketones is 1. The van der Waals surface area contributed by atoms with E-state index in [-0.39, 0.29) is 11.8 Å². The van der Waals surface area contributed by atoms with E-state index < -0.39 is 0 Å². The molecule has 0 aromatic heterocycles. The Balaban J connectivity index is 2.10. The van der Waals surface area contributed by atoms with Crippen LogP contribution in [0.5, 0.6) is 0 Å². The monoisotopic (exact) mass is 344 g/mol. The molecule has 2 rings (SSSR count). The fourth-order valence-corrected chi connectivity index (χ4v) is 2.16. The van der Waals surface area contributed by atoms with Crippen molar-refractivity contribution in [2.75, 3.05) is 7.11 Å². The summed E-state index contributed by atoms with van der Waals surface area (Å²) in [6.07, 6.45) is 3.22. The van der Waals surface area contributed by atoms with Gasteiger partial charge in [0.25, 0.3) is 0 Å². The maximum absolute atomic E-state index is 12.0. The Bertz CT molecular complexity index is 687. The van der Waals surface area contributed by atoms with Crippen LogP contribution in [0.25, 0.3) is 6.08 Å². The number of methoxy groups -OCH3 is 1. The van der Waals surface area contributed by atoms with Crippen LogP contribution in [0.15, 0.2) is 59.1 Å². The summed E-state index contributed by atoms with van der Waals surface area (Å²) in [5.74, 6) is -0.455. The van der Waals surface area contributed by atoms with Crippen LogP contribution >= 0.6 is 15.9 Å². The number of ether oxygens (including phenoxy) is 1. The highest BCUT2D eigenvalue weighted by Crippen LogP contribution is 2.13. The van der Waals surface area contributed by atoms with Crippen LogP contribution in [-0.2, 0) is 4.74 Å². The lowest BCUT2D eigenvalue weighted by atomic mass is 10.1. The molecule has 21 heavy (non-hydrogen) atoms. The molecule has 0 aliphatic carbocycles. The van der Waals surface area contributed by atoms with E-state index in [1.807, 2.05) is 12.1 Å². The molecule has 0 N–H and O–H groups in total. The molecule has 0 spiro atoms. The van der Waals surface area contributed by atoms with Gasteiger partial charge in [0.1, 0.15) is 0 Å². The summed E-state index contributed by atoms with van der Waals surface area (Å²) in [5, 5.41) is 0. The molecule has 2 aromatic rings. The van der Waals surface area contributed by atoms with Gasteiger partial charge in [0.15, 0.2) is 5.78 Å². The summed E-state index contributed by atoms with van der Waals surface area (Å²) in [6, 6.07) is 14.1. The molecule has 0 aliphatic heterocycles. The fraction of sp³-hybridized carbons (Fsp3) is 0.0588. The molecule has 3 nitrogen and oxygen atoms in total. The fourth-order valence-electron chi connectivity index (χ4n) is 1.76. The lowest BCUT2D eigenvalue weighted by Gasteiger charge is -1.99. The van der Waals surface area contributed by atoms with Crippen molar-refractivity contribution in [3.63, 3.8) is 0 Å². The zero-order chi connectivity index (χ0) is 15.2. The lowest BCUT2D eigenvalue weighted by molar-refractivity contribution is 0.0600. The quantitative estimate of drug-likeness (QED) is 0.475. The first-order valence-electron chi connectivity index (χ1n) is 6.26. The molecule has 4 heteroatoms. The Hall–Kier alpha value is -2.20. The van der Waals surface area contributed by atoms with E-state index in [1.54, 1.807) is 42.5 Å². The van der Waals surface area contributed by atoms with Crippen LogP contribution in [0.2, 0.25) is 0 Å². The minimum Gasteiger partial charge on any atom is -0.465 e. The number of carbonyl (C=O) groups is 2. The van der Waals surface area contributed by atoms with Crippen LogP contribution in [0.1, 0.15) is 26.3 Å². The summed E-state index contributed by atoms with van der Waals surface area (Å²) in [6.45, 7) is 0. The normalized spacial score (nSPS) is 10.6. The predicted octanol–water partition coefficient (Wildman–Crippen LogP) is 4.13. The second-order valence-corrected chi connectivity index (χ2v) is 5.24. The van der Waals surface area contributed by atoms with Crippen molar-refractivity contribution in [3.8, 4) is 0 Å². The number of hydrogen-bond acceptors (Lipinski definition) is 3. The first-order chi connectivity index (χ1) is 10.1. The first kappa shape index (κ1) is 15.2. The molecule has 2 aromatic carbocycles. The van der Waals surface area contributed by atoms with Crippen LogP contribution in [0, 0.1) is 0 Å². The van der Waals surface area contributed by atoms with Gasteiger partial charge in [-0.15, -0.1) is 0 Å². The summed E-state index contributed by atoms with van der Waals surface area (Å²) >= 11 is 3.33. The van der Waals surface area contributed by atoms with E-state index in [1.165, 1.54) is 13.2 Å². The summed E-state index contributed by atoms with van der Waals surface area (Å²) < 4.78 is 5.49. The van der Waals surface area contributed by atoms with Gasteiger partial charge in [-0.2, -0.15) is 0 Å². The summed E-state index contributed by atoms with van der Waals surface area (Å²) in [5.41, 5.74) is 1.94. The van der Waals surface area contributed by atoms with Crippen LogP contribution in [0.4, 0.5) is 0 Å². The molecule has 0 saturated heterocycles. The van der Waals surface area contributed by atoms with E-state index in [4.69, 9.17) is 0 Å². The third kappa shape index (κ3) is 4.13. The Kier molecular flexibility index (Phi) is 5.06. The van der Waals surface area contributed by atoms with E-state index in [9.17, 15) is 9.59 Å². The lowest BCUT2D eigenvalue weighted by Crippen LogP contribution is -2.00. The van der Waals surface area contributed by atoms with E-state index in [2.05, 4.69) is 20.7 Å². The van der Waals surface area contributed by atoms with Crippen LogP contribution < -0.4 is 0 Å². The molecular weight excluding hydrogens is 332 g/mol. The van der Waals surface area contributed by atoms with Gasteiger partial charge in [-0.3, -0.25) is 4.79 Å². The molecular formula is C17H13BrO3. The maximum Gasteiger partial charge on any atom is 0.337 e. The molecule has 0 amide bonds. The Morgan fingerprint density at radius 2 is 1.76 bits per heavy atom. The minimum absolute atomic E-state index is 0.0756. The van der Waals surface area contributed by atoms with Crippen molar-refractivity contribution in [2.45, 2.75) is 0 Å². The number of halogens is 1. The zero-order valence-corrected chi connectivity index (χ0v) is 13.0. The third-order valence-corrected chi connectivity index (χ3v) is 3.36. The largest absolute Gasteiger partial charge is 0.465 e. The van der Waals surface area contributed by atoms with Crippen LogP contribution in [0.3, 0.4) is 0 Å². The third-order valence-electron chi connectivity index (χ3n) is 2.87. The van der Waals surface area contributed by atoms with Crippen molar-refractivity contribution in [1.29, 1.82) is 0 Å². The Morgan fingerprint density at radius 3 is 2.38 bits per heavy atom. The van der Waals surface area contributed by atoms with Gasteiger partial charge < -0.3 is 4.74 Å². The molecule has 0 bridgehead atoms. The van der Waals surface area contributed by atoms with Gasteiger partial charge in [-0.25, -0.2) is 4.79 Å². The van der Waals surface area contributed by atoms with E-state index in [0.717, 1.165) is 10.0 Å². The SMILES string of the molecule is COC(=O)c1ccc(/C=C/C(=O)c2cccc(Br)c2)cc1. The highest BCUT2D eigenvalue weighted by Gasteiger charge is 2.04. The number of hydrogen-bond donors (Lipinski definition) is 0. The average molecular weight is 345 g/mol. The number of allylic oxidation sites excluding steroid dienone is 1. The molecule has 0 aliphatic rings. The molecule has 0 radical (unpaired) electrons. The number of carbonyl (C=O) groups excluding carboxylic acids is 2. The Morgan fingerprint density at radius 1 is 1.05 bits per heavy atom. The van der Waals surface area contributed by atoms with Crippen molar-refractivity contribution in [3.05, 3.63) is 75.8 Å². The van der Waals surface area contributed by atoms with Crippen LogP contribution in [-0.4, -0.2) is 18.9 Å². The number of benzene rings is 2. The number of esters is 1. The first-order valence-corrected chi connectivity index (χ1v) is 7.06. The van der Waals surface area contributed by atoms with Crippen molar-refractivity contribution < 1.29 is 14.3 Å². The second kappa shape index (κ2) is 6.99. The van der Waals surface area contributed by atoms with Gasteiger partial charge in [0.05, 0.1) is 12.7 Å². The summed E-state index contributed by atoms with van der Waals surface area (Å²) in [7, 11) is 1.34. The van der Waals surface area contributed by atoms with Gasteiger partial charge in [-0.05, 0) is 35.9 Å². The standard InChI is InChI=1S/C17H13BrO3/c1-21-17(20)13-8-5-12(6-9-13)7-10-16(19)14-3-2-4-15(18)11-14/h2-11H,1H3/b10-7+. The highest BCUT2D eigenvalue weighted by molar-refractivity contribution is 9.10. The smallest absolute Gasteiger partial charge is 0.337 e. The van der Waals surface area contributed by atoms with E-state index in [0.29, 0.717) is 11.1 Å². The number of rotatable bonds is 4. The minimum atomic E-state index is -0.379. The molecule has 0 atom stereocenters. The Labute approximate surface area is 131 Å². The van der Waals surface area contributed by atoms with Crippen molar-refractivity contribution >= 4 is 33.8 Å². The topological polar surface area (TPSA) is 43.4 Å². The molecule has 0 unspecified atom stereocenters. The molecule has 0 saturated carbocycles. The second-order valence-electron chi connectivity index (χ2n) is 4.32. The zero-order valence-electron chi connectivity index (χ0n) is 11.4. The predicted molar refractivity (Wildman–Crippen MR) is 85.3 cm³/mol. The highest BCUT2D eigenvalue weighted by atomic mass is 79.9. The van der Waals surface area contributed by atoms with E-state index >= 15 is 0 Å². The molecule has 0 fully saturated rings. The van der Waals surface area contributed by atoms with Gasteiger partial charge in [0, 0.05) is 10.0 Å². The molecule has 0 heterocycles. The van der Waals surface area contributed by atoms with Gasteiger partial charge in [0.2, 0.25) is 0 Å². The van der Waals surface area contributed by atoms with Gasteiger partial charge in [-0.1, -0.05) is 46.3 Å². The average Bonchev–Trinajstić information content (AvgIpc) is 2.52.